The predicted molar refractivity (Wildman–Crippen MR) is 87.7 cm³/mol. The Labute approximate surface area is 131 Å². The van der Waals surface area contributed by atoms with E-state index in [1.807, 2.05) is 6.07 Å². The molecule has 20 heavy (non-hydrogen) atoms. The first-order valence-electron chi connectivity index (χ1n) is 7.86. The Kier molecular flexibility index (Phi) is 6.82. The minimum atomic E-state index is 0.273. The van der Waals surface area contributed by atoms with Crippen LogP contribution in [0.4, 0.5) is 0 Å². The van der Waals surface area contributed by atoms with E-state index in [1.165, 1.54) is 37.0 Å². The summed E-state index contributed by atoms with van der Waals surface area (Å²) in [5.74, 6) is 0.675. The monoisotopic (exact) mass is 315 g/mol. The zero-order valence-electron chi connectivity index (χ0n) is 12.5. The van der Waals surface area contributed by atoms with Crippen molar-refractivity contribution < 1.29 is 4.74 Å². The molecule has 0 radical (unpaired) electrons. The van der Waals surface area contributed by atoms with Gasteiger partial charge in [0.2, 0.25) is 0 Å². The molecule has 0 aromatic carbocycles. The molecule has 2 nitrogen and oxygen atoms in total. The Bertz CT molecular complexity index is 390. The summed E-state index contributed by atoms with van der Waals surface area (Å²) in [6.07, 6.45) is 6.94. The fraction of sp³-hybridized carbons (Fsp3) is 0.750. The van der Waals surface area contributed by atoms with Crippen LogP contribution in [0.2, 0.25) is 4.34 Å². The van der Waals surface area contributed by atoms with Crippen molar-refractivity contribution in [1.29, 1.82) is 0 Å². The van der Waals surface area contributed by atoms with Crippen molar-refractivity contribution in [3.8, 4) is 0 Å². The van der Waals surface area contributed by atoms with Crippen molar-refractivity contribution in [3.63, 3.8) is 0 Å². The zero-order chi connectivity index (χ0) is 14.4. The Morgan fingerprint density at radius 3 is 2.60 bits per heavy atom. The van der Waals surface area contributed by atoms with Gasteiger partial charge in [-0.25, -0.2) is 0 Å². The highest BCUT2D eigenvalue weighted by molar-refractivity contribution is 7.16. The molecule has 1 aliphatic carbocycles. The van der Waals surface area contributed by atoms with Gasteiger partial charge >= 0.3 is 0 Å². The summed E-state index contributed by atoms with van der Waals surface area (Å²) < 4.78 is 7.02. The number of halogens is 1. The van der Waals surface area contributed by atoms with Gasteiger partial charge < -0.3 is 10.1 Å². The number of hydrogen-bond acceptors (Lipinski definition) is 3. The van der Waals surface area contributed by atoms with Crippen molar-refractivity contribution in [1.82, 2.24) is 5.32 Å². The van der Waals surface area contributed by atoms with E-state index in [0.29, 0.717) is 5.92 Å². The molecule has 1 N–H and O–H groups in total. The maximum Gasteiger partial charge on any atom is 0.0931 e. The minimum absolute atomic E-state index is 0.273. The number of nitrogens with one attached hydrogen (secondary N) is 1. The summed E-state index contributed by atoms with van der Waals surface area (Å²) >= 11 is 7.80. The molecule has 1 saturated carbocycles. The molecule has 4 heteroatoms. The Balaban J connectivity index is 2.17. The summed E-state index contributed by atoms with van der Waals surface area (Å²) in [5.41, 5.74) is 0. The molecule has 2 unspecified atom stereocenters. The Morgan fingerprint density at radius 1 is 1.30 bits per heavy atom. The van der Waals surface area contributed by atoms with Crippen LogP contribution < -0.4 is 5.32 Å². The molecule has 114 valence electrons. The highest BCUT2D eigenvalue weighted by atomic mass is 35.5. The highest BCUT2D eigenvalue weighted by Crippen LogP contribution is 2.37. The number of hydrogen-bond donors (Lipinski definition) is 1. The van der Waals surface area contributed by atoms with Crippen LogP contribution in [-0.4, -0.2) is 19.3 Å². The summed E-state index contributed by atoms with van der Waals surface area (Å²) in [6.45, 7) is 5.99. The van der Waals surface area contributed by atoms with Crippen LogP contribution in [0.5, 0.6) is 0 Å². The van der Waals surface area contributed by atoms with Gasteiger partial charge in [-0.3, -0.25) is 0 Å². The third kappa shape index (κ3) is 4.20. The van der Waals surface area contributed by atoms with Gasteiger partial charge in [0, 0.05) is 11.5 Å². The number of likely N-dealkylation sites (N-methyl/N-ethyl adjacent to an activating group) is 1. The second-order valence-electron chi connectivity index (χ2n) is 5.50. The first-order valence-corrected chi connectivity index (χ1v) is 9.06. The first kappa shape index (κ1) is 16.3. The Morgan fingerprint density at radius 2 is 2.05 bits per heavy atom. The van der Waals surface area contributed by atoms with Gasteiger partial charge in [-0.05, 0) is 44.4 Å². The number of ether oxygens (including phenoxy) is 1. The Hall–Kier alpha value is -0.0900. The number of thiophene rings is 1. The highest BCUT2D eigenvalue weighted by Gasteiger charge is 2.32. The molecule has 2 atom stereocenters. The lowest BCUT2D eigenvalue weighted by Crippen LogP contribution is -2.39. The van der Waals surface area contributed by atoms with E-state index < -0.39 is 0 Å². The molecule has 1 aromatic heterocycles. The van der Waals surface area contributed by atoms with Gasteiger partial charge in [0.25, 0.3) is 0 Å². The molecule has 1 aliphatic rings. The lowest BCUT2D eigenvalue weighted by atomic mass is 9.82. The predicted octanol–water partition coefficient (Wildman–Crippen LogP) is 5.04. The zero-order valence-corrected chi connectivity index (χ0v) is 14.1. The van der Waals surface area contributed by atoms with Gasteiger partial charge in [-0.15, -0.1) is 11.3 Å². The van der Waals surface area contributed by atoms with Gasteiger partial charge in [0.15, 0.2) is 0 Å². The van der Waals surface area contributed by atoms with Gasteiger partial charge in [0.1, 0.15) is 0 Å². The van der Waals surface area contributed by atoms with Crippen LogP contribution in [0.25, 0.3) is 0 Å². The third-order valence-electron chi connectivity index (χ3n) is 4.13. The van der Waals surface area contributed by atoms with E-state index in [2.05, 4.69) is 25.2 Å². The van der Waals surface area contributed by atoms with Crippen molar-refractivity contribution >= 4 is 22.9 Å². The largest absolute Gasteiger partial charge is 0.376 e. The van der Waals surface area contributed by atoms with E-state index in [9.17, 15) is 0 Å². The maximum atomic E-state index is 6.16. The summed E-state index contributed by atoms with van der Waals surface area (Å²) in [5, 5.41) is 3.62. The van der Waals surface area contributed by atoms with Gasteiger partial charge in [0.05, 0.1) is 16.5 Å². The lowest BCUT2D eigenvalue weighted by Gasteiger charge is -2.35. The van der Waals surface area contributed by atoms with E-state index in [-0.39, 0.29) is 12.1 Å². The normalized spacial score (nSPS) is 19.9. The molecule has 0 saturated heterocycles. The van der Waals surface area contributed by atoms with E-state index in [0.717, 1.165) is 17.5 Å². The summed E-state index contributed by atoms with van der Waals surface area (Å²) in [6, 6.07) is 4.42. The average molecular weight is 316 g/mol. The van der Waals surface area contributed by atoms with Gasteiger partial charge in [-0.2, -0.15) is 0 Å². The molecule has 0 amide bonds. The van der Waals surface area contributed by atoms with E-state index in [4.69, 9.17) is 16.3 Å². The van der Waals surface area contributed by atoms with Crippen molar-refractivity contribution in [2.24, 2.45) is 5.92 Å². The molecule has 0 spiro atoms. The van der Waals surface area contributed by atoms with Gasteiger partial charge in [-0.1, -0.05) is 37.8 Å². The molecular formula is C16H26ClNOS. The average Bonchev–Trinajstić information content (AvgIpc) is 2.90. The maximum absolute atomic E-state index is 6.16. The van der Waals surface area contributed by atoms with Crippen molar-refractivity contribution in [2.75, 3.05) is 13.2 Å². The molecule has 1 aromatic rings. The number of rotatable bonds is 7. The van der Waals surface area contributed by atoms with Crippen LogP contribution in [0.3, 0.4) is 0 Å². The van der Waals surface area contributed by atoms with Crippen LogP contribution in [0.15, 0.2) is 12.1 Å². The fourth-order valence-electron chi connectivity index (χ4n) is 3.25. The van der Waals surface area contributed by atoms with Crippen LogP contribution in [-0.2, 0) is 4.74 Å². The lowest BCUT2D eigenvalue weighted by molar-refractivity contribution is -0.0172. The molecular weight excluding hydrogens is 290 g/mol. The van der Waals surface area contributed by atoms with Crippen LogP contribution in [0.1, 0.15) is 56.9 Å². The standard InChI is InChI=1S/C16H26ClNOS/c1-3-18-15(13-10-11-14(17)20-13)16(19-4-2)12-8-6-5-7-9-12/h10-12,15-16,18H,3-9H2,1-2H3. The minimum Gasteiger partial charge on any atom is -0.376 e. The first-order chi connectivity index (χ1) is 9.76. The SMILES string of the molecule is CCNC(c1ccc(Cl)s1)C(OCC)C1CCCCC1. The molecule has 0 aliphatic heterocycles. The fourth-order valence-corrected chi connectivity index (χ4v) is 4.43. The van der Waals surface area contributed by atoms with Crippen LogP contribution in [0, 0.1) is 5.92 Å². The van der Waals surface area contributed by atoms with Crippen LogP contribution >= 0.6 is 22.9 Å². The molecule has 1 fully saturated rings. The summed E-state index contributed by atoms with van der Waals surface area (Å²) in [4.78, 5) is 1.31. The van der Waals surface area contributed by atoms with E-state index >= 15 is 0 Å². The smallest absolute Gasteiger partial charge is 0.0931 e. The van der Waals surface area contributed by atoms with Crippen molar-refractivity contribution in [3.05, 3.63) is 21.3 Å². The quantitative estimate of drug-likeness (QED) is 0.761. The molecule has 0 bridgehead atoms. The second kappa shape index (κ2) is 8.38. The third-order valence-corrected chi connectivity index (χ3v) is 5.44. The second-order valence-corrected chi connectivity index (χ2v) is 7.24. The summed E-state index contributed by atoms with van der Waals surface area (Å²) in [7, 11) is 0. The molecule has 2 rings (SSSR count). The van der Waals surface area contributed by atoms with Crippen molar-refractivity contribution in [2.45, 2.75) is 58.1 Å². The van der Waals surface area contributed by atoms with E-state index in [1.54, 1.807) is 11.3 Å². The molecule has 1 heterocycles. The topological polar surface area (TPSA) is 21.3 Å².